The quantitative estimate of drug-likeness (QED) is 0.818. The standard InChI is InChI=1S/C17H25N5O4/c1-11(23)18-14-5-6-22(19-14)15(24)20-7-12-9-21(10-13(12)8-20)16(25)26-17(2,3)4/h5-6,12-13H,7-10H2,1-4H3,(H,18,19,23). The molecule has 0 aromatic carbocycles. The van der Waals surface area contributed by atoms with Crippen LogP contribution in [0, 0.1) is 11.8 Å². The molecule has 0 bridgehead atoms. The molecule has 3 amide bonds. The maximum absolute atomic E-state index is 12.6. The first kappa shape index (κ1) is 18.2. The van der Waals surface area contributed by atoms with Crippen LogP contribution in [-0.2, 0) is 9.53 Å². The van der Waals surface area contributed by atoms with Crippen molar-refractivity contribution in [3.63, 3.8) is 0 Å². The Morgan fingerprint density at radius 1 is 1.12 bits per heavy atom. The molecule has 1 aromatic heterocycles. The van der Waals surface area contributed by atoms with Crippen molar-refractivity contribution in [1.82, 2.24) is 19.6 Å². The van der Waals surface area contributed by atoms with Gasteiger partial charge in [-0.1, -0.05) is 0 Å². The molecule has 2 aliphatic rings. The summed E-state index contributed by atoms with van der Waals surface area (Å²) in [7, 11) is 0. The minimum absolute atomic E-state index is 0.222. The molecule has 1 aromatic rings. The molecule has 2 aliphatic heterocycles. The van der Waals surface area contributed by atoms with Crippen LogP contribution in [0.25, 0.3) is 0 Å². The molecule has 2 fully saturated rings. The fourth-order valence-corrected chi connectivity index (χ4v) is 3.45. The number of hydrogen-bond donors (Lipinski definition) is 1. The number of hydrogen-bond acceptors (Lipinski definition) is 5. The van der Waals surface area contributed by atoms with Crippen molar-refractivity contribution >= 4 is 23.8 Å². The summed E-state index contributed by atoms with van der Waals surface area (Å²) in [6.07, 6.45) is 1.24. The van der Waals surface area contributed by atoms with Crippen molar-refractivity contribution in [1.29, 1.82) is 0 Å². The Balaban J connectivity index is 1.56. The summed E-state index contributed by atoms with van der Waals surface area (Å²) in [5.41, 5.74) is -0.511. The third-order valence-electron chi connectivity index (χ3n) is 4.50. The number of likely N-dealkylation sites (tertiary alicyclic amines) is 2. The van der Waals surface area contributed by atoms with E-state index in [1.807, 2.05) is 20.8 Å². The van der Waals surface area contributed by atoms with Crippen LogP contribution in [0.15, 0.2) is 12.3 Å². The van der Waals surface area contributed by atoms with Gasteiger partial charge >= 0.3 is 12.1 Å². The monoisotopic (exact) mass is 363 g/mol. The zero-order valence-corrected chi connectivity index (χ0v) is 15.6. The van der Waals surface area contributed by atoms with Crippen molar-refractivity contribution in [2.45, 2.75) is 33.3 Å². The number of nitrogens with one attached hydrogen (secondary N) is 1. The summed E-state index contributed by atoms with van der Waals surface area (Å²) < 4.78 is 6.66. The van der Waals surface area contributed by atoms with Crippen molar-refractivity contribution in [2.24, 2.45) is 11.8 Å². The Hall–Kier alpha value is -2.58. The van der Waals surface area contributed by atoms with E-state index < -0.39 is 5.60 Å². The molecule has 2 unspecified atom stereocenters. The van der Waals surface area contributed by atoms with Gasteiger partial charge < -0.3 is 19.9 Å². The second-order valence-electron chi connectivity index (χ2n) is 7.92. The maximum atomic E-state index is 12.6. The number of rotatable bonds is 1. The number of carbonyl (C=O) groups excluding carboxylic acids is 3. The third kappa shape index (κ3) is 3.97. The predicted octanol–water partition coefficient (Wildman–Crippen LogP) is 1.61. The van der Waals surface area contributed by atoms with Crippen LogP contribution in [0.2, 0.25) is 0 Å². The lowest BCUT2D eigenvalue weighted by atomic mass is 10.0. The number of anilines is 1. The smallest absolute Gasteiger partial charge is 0.410 e. The SMILES string of the molecule is CC(=O)Nc1ccn(C(=O)N2CC3CN(C(=O)OC(C)(C)C)CC3C2)n1. The van der Waals surface area contributed by atoms with Crippen LogP contribution >= 0.6 is 0 Å². The van der Waals surface area contributed by atoms with Crippen molar-refractivity contribution in [3.8, 4) is 0 Å². The third-order valence-corrected chi connectivity index (χ3v) is 4.50. The molecule has 26 heavy (non-hydrogen) atoms. The van der Waals surface area contributed by atoms with E-state index >= 15 is 0 Å². The summed E-state index contributed by atoms with van der Waals surface area (Å²) in [6.45, 7) is 9.29. The normalized spacial score (nSPS) is 22.3. The van der Waals surface area contributed by atoms with Crippen LogP contribution in [0.3, 0.4) is 0 Å². The Bertz CT molecular complexity index is 709. The van der Waals surface area contributed by atoms with Crippen molar-refractivity contribution < 1.29 is 19.1 Å². The molecule has 0 radical (unpaired) electrons. The highest BCUT2D eigenvalue weighted by Gasteiger charge is 2.44. The van der Waals surface area contributed by atoms with Crippen LogP contribution in [0.5, 0.6) is 0 Å². The van der Waals surface area contributed by atoms with Gasteiger partial charge in [0.05, 0.1) is 0 Å². The Morgan fingerprint density at radius 3 is 2.23 bits per heavy atom. The second kappa shape index (κ2) is 6.62. The van der Waals surface area contributed by atoms with E-state index in [2.05, 4.69) is 10.4 Å². The number of ether oxygens (including phenoxy) is 1. The molecule has 2 saturated heterocycles. The lowest BCUT2D eigenvalue weighted by molar-refractivity contribution is -0.114. The first-order valence-electron chi connectivity index (χ1n) is 8.73. The molecule has 1 N–H and O–H groups in total. The molecular formula is C17H25N5O4. The highest BCUT2D eigenvalue weighted by molar-refractivity contribution is 5.88. The number of carbonyl (C=O) groups is 3. The van der Waals surface area contributed by atoms with Gasteiger partial charge in [-0.3, -0.25) is 4.79 Å². The van der Waals surface area contributed by atoms with Gasteiger partial charge in [0, 0.05) is 57.2 Å². The van der Waals surface area contributed by atoms with Gasteiger partial charge in [-0.25, -0.2) is 9.59 Å². The average molecular weight is 363 g/mol. The van der Waals surface area contributed by atoms with E-state index in [1.54, 1.807) is 15.9 Å². The Morgan fingerprint density at radius 2 is 1.69 bits per heavy atom. The van der Waals surface area contributed by atoms with Gasteiger partial charge in [-0.05, 0) is 20.8 Å². The van der Waals surface area contributed by atoms with E-state index in [4.69, 9.17) is 4.74 Å². The van der Waals surface area contributed by atoms with Gasteiger partial charge in [-0.15, -0.1) is 5.10 Å². The predicted molar refractivity (Wildman–Crippen MR) is 93.7 cm³/mol. The van der Waals surface area contributed by atoms with Gasteiger partial charge in [0.2, 0.25) is 5.91 Å². The molecule has 2 atom stereocenters. The number of amides is 3. The van der Waals surface area contributed by atoms with Gasteiger partial charge in [0.15, 0.2) is 5.82 Å². The van der Waals surface area contributed by atoms with E-state index in [-0.39, 0.29) is 29.9 Å². The van der Waals surface area contributed by atoms with E-state index in [0.717, 1.165) is 0 Å². The molecule has 142 valence electrons. The lowest BCUT2D eigenvalue weighted by Gasteiger charge is -2.26. The molecule has 9 nitrogen and oxygen atoms in total. The Labute approximate surface area is 152 Å². The minimum Gasteiger partial charge on any atom is -0.444 e. The van der Waals surface area contributed by atoms with Crippen LogP contribution in [-0.4, -0.2) is 69.4 Å². The fraction of sp³-hybridized carbons (Fsp3) is 0.647. The summed E-state index contributed by atoms with van der Waals surface area (Å²) in [4.78, 5) is 39.3. The van der Waals surface area contributed by atoms with Crippen LogP contribution in [0.1, 0.15) is 27.7 Å². The van der Waals surface area contributed by atoms with Gasteiger partial charge in [-0.2, -0.15) is 4.68 Å². The molecule has 3 heterocycles. The first-order valence-corrected chi connectivity index (χ1v) is 8.73. The van der Waals surface area contributed by atoms with Crippen LogP contribution in [0.4, 0.5) is 15.4 Å². The zero-order valence-electron chi connectivity index (χ0n) is 15.6. The van der Waals surface area contributed by atoms with Crippen molar-refractivity contribution in [3.05, 3.63) is 12.3 Å². The second-order valence-corrected chi connectivity index (χ2v) is 7.92. The minimum atomic E-state index is -0.511. The lowest BCUT2D eigenvalue weighted by Crippen LogP contribution is -2.39. The fourth-order valence-electron chi connectivity index (χ4n) is 3.45. The summed E-state index contributed by atoms with van der Waals surface area (Å²) in [6, 6.07) is 1.36. The Kier molecular flexibility index (Phi) is 4.64. The molecule has 3 rings (SSSR count). The van der Waals surface area contributed by atoms with Crippen molar-refractivity contribution in [2.75, 3.05) is 31.5 Å². The number of nitrogens with zero attached hydrogens (tertiary/aromatic N) is 4. The largest absolute Gasteiger partial charge is 0.444 e. The molecule has 9 heteroatoms. The zero-order chi connectivity index (χ0) is 19.1. The average Bonchev–Trinajstić information content (AvgIpc) is 3.17. The van der Waals surface area contributed by atoms with E-state index in [9.17, 15) is 14.4 Å². The van der Waals surface area contributed by atoms with Crippen LogP contribution < -0.4 is 5.32 Å². The molecule has 0 spiro atoms. The summed E-state index contributed by atoms with van der Waals surface area (Å²) >= 11 is 0. The summed E-state index contributed by atoms with van der Waals surface area (Å²) in [5, 5.41) is 6.63. The first-order chi connectivity index (χ1) is 12.1. The number of aromatic nitrogens is 2. The molecule has 0 saturated carbocycles. The van der Waals surface area contributed by atoms with E-state index in [0.29, 0.717) is 32.0 Å². The molecule has 0 aliphatic carbocycles. The van der Waals surface area contributed by atoms with Gasteiger partial charge in [0.25, 0.3) is 0 Å². The highest BCUT2D eigenvalue weighted by atomic mass is 16.6. The van der Waals surface area contributed by atoms with Gasteiger partial charge in [0.1, 0.15) is 5.60 Å². The number of fused-ring (bicyclic) bond motifs is 1. The highest BCUT2D eigenvalue weighted by Crippen LogP contribution is 2.32. The van der Waals surface area contributed by atoms with E-state index in [1.165, 1.54) is 17.8 Å². The maximum Gasteiger partial charge on any atom is 0.410 e. The topological polar surface area (TPSA) is 96.8 Å². The molecular weight excluding hydrogens is 338 g/mol. The summed E-state index contributed by atoms with van der Waals surface area (Å²) in [5.74, 6) is 0.607.